The maximum atomic E-state index is 12.7. The van der Waals surface area contributed by atoms with E-state index in [1.807, 2.05) is 19.1 Å². The molecule has 2 aromatic rings. The van der Waals surface area contributed by atoms with Gasteiger partial charge in [-0.3, -0.25) is 9.59 Å². The lowest BCUT2D eigenvalue weighted by Crippen LogP contribution is -2.35. The van der Waals surface area contributed by atoms with Gasteiger partial charge < -0.3 is 15.1 Å². The smallest absolute Gasteiger partial charge is 0.268 e. The first-order chi connectivity index (χ1) is 13.1. The third-order valence-corrected chi connectivity index (χ3v) is 4.46. The SMILES string of the molecule is Cc1cccc(C(=O)N/C(=C\c2ccco2)C(=O)NCC2=CCCCC2)c1. The summed E-state index contributed by atoms with van der Waals surface area (Å²) in [6.45, 7) is 2.41. The van der Waals surface area contributed by atoms with Crippen LogP contribution in [-0.4, -0.2) is 18.4 Å². The molecule has 27 heavy (non-hydrogen) atoms. The van der Waals surface area contributed by atoms with Gasteiger partial charge in [-0.25, -0.2) is 0 Å². The van der Waals surface area contributed by atoms with Crippen LogP contribution < -0.4 is 10.6 Å². The lowest BCUT2D eigenvalue weighted by Gasteiger charge is -2.15. The number of rotatable bonds is 6. The monoisotopic (exact) mass is 364 g/mol. The minimum absolute atomic E-state index is 0.160. The minimum Gasteiger partial charge on any atom is -0.465 e. The van der Waals surface area contributed by atoms with Gasteiger partial charge in [0, 0.05) is 18.2 Å². The summed E-state index contributed by atoms with van der Waals surface area (Å²) < 4.78 is 5.30. The first kappa shape index (κ1) is 18.7. The number of hydrogen-bond donors (Lipinski definition) is 2. The number of carbonyl (C=O) groups is 2. The minimum atomic E-state index is -0.334. The van der Waals surface area contributed by atoms with E-state index in [0.29, 0.717) is 17.9 Å². The van der Waals surface area contributed by atoms with Crippen molar-refractivity contribution in [3.8, 4) is 0 Å². The van der Waals surface area contributed by atoms with Gasteiger partial charge in [-0.1, -0.05) is 29.3 Å². The quantitative estimate of drug-likeness (QED) is 0.602. The standard InChI is InChI=1S/C22H24N2O3/c1-16-7-5-10-18(13-16)21(25)24-20(14-19-11-6-12-27-19)22(26)23-15-17-8-3-2-4-9-17/h5-8,10-14H,2-4,9,15H2,1H3,(H,23,26)(H,24,25)/b20-14-. The molecule has 1 aromatic heterocycles. The van der Waals surface area contributed by atoms with E-state index < -0.39 is 0 Å². The second kappa shape index (κ2) is 9.03. The summed E-state index contributed by atoms with van der Waals surface area (Å²) in [7, 11) is 0. The maximum absolute atomic E-state index is 12.7. The fraction of sp³-hybridized carbons (Fsp3) is 0.273. The summed E-state index contributed by atoms with van der Waals surface area (Å²) in [5.74, 6) is -0.163. The molecule has 3 rings (SSSR count). The number of carbonyl (C=O) groups excluding carboxylic acids is 2. The van der Waals surface area contributed by atoms with Gasteiger partial charge in [-0.05, 0) is 56.9 Å². The van der Waals surface area contributed by atoms with Crippen molar-refractivity contribution in [2.45, 2.75) is 32.6 Å². The zero-order chi connectivity index (χ0) is 19.1. The number of allylic oxidation sites excluding steroid dienone is 1. The zero-order valence-corrected chi connectivity index (χ0v) is 15.5. The molecule has 0 bridgehead atoms. The molecule has 1 aliphatic rings. The second-order valence-electron chi connectivity index (χ2n) is 6.69. The van der Waals surface area contributed by atoms with Gasteiger partial charge in [0.1, 0.15) is 11.5 Å². The van der Waals surface area contributed by atoms with E-state index in [4.69, 9.17) is 4.42 Å². The molecule has 1 aliphatic carbocycles. The van der Waals surface area contributed by atoms with Crippen LogP contribution in [0.2, 0.25) is 0 Å². The second-order valence-corrected chi connectivity index (χ2v) is 6.69. The summed E-state index contributed by atoms with van der Waals surface area (Å²) in [5, 5.41) is 5.62. The van der Waals surface area contributed by atoms with Gasteiger partial charge in [-0.15, -0.1) is 0 Å². The van der Waals surface area contributed by atoms with Crippen LogP contribution in [0, 0.1) is 6.92 Å². The molecule has 0 radical (unpaired) electrons. The Kier molecular flexibility index (Phi) is 6.26. The first-order valence-electron chi connectivity index (χ1n) is 9.21. The normalized spacial score (nSPS) is 14.4. The van der Waals surface area contributed by atoms with Crippen molar-refractivity contribution >= 4 is 17.9 Å². The van der Waals surface area contributed by atoms with Crippen LogP contribution in [0.4, 0.5) is 0 Å². The Hall–Kier alpha value is -3.08. The third kappa shape index (κ3) is 5.45. The topological polar surface area (TPSA) is 71.3 Å². The van der Waals surface area contributed by atoms with Crippen LogP contribution in [0.25, 0.3) is 6.08 Å². The van der Waals surface area contributed by atoms with Crippen LogP contribution in [0.15, 0.2) is 64.4 Å². The van der Waals surface area contributed by atoms with Gasteiger partial charge in [0.15, 0.2) is 0 Å². The van der Waals surface area contributed by atoms with E-state index in [1.54, 1.807) is 24.3 Å². The molecule has 0 fully saturated rings. The number of aryl methyl sites for hydroxylation is 1. The third-order valence-electron chi connectivity index (χ3n) is 4.46. The van der Waals surface area contributed by atoms with Crippen molar-refractivity contribution in [2.24, 2.45) is 0 Å². The van der Waals surface area contributed by atoms with Crippen molar-refractivity contribution in [2.75, 3.05) is 6.54 Å². The molecule has 1 aromatic carbocycles. The summed E-state index contributed by atoms with van der Waals surface area (Å²) in [5.41, 5.74) is 2.88. The zero-order valence-electron chi connectivity index (χ0n) is 15.5. The Labute approximate surface area is 159 Å². The van der Waals surface area contributed by atoms with Crippen LogP contribution in [-0.2, 0) is 4.79 Å². The highest BCUT2D eigenvalue weighted by atomic mass is 16.3. The molecule has 5 heteroatoms. The lowest BCUT2D eigenvalue weighted by atomic mass is 10.00. The van der Waals surface area contributed by atoms with Crippen molar-refractivity contribution in [1.29, 1.82) is 0 Å². The molecule has 0 spiro atoms. The van der Waals surface area contributed by atoms with E-state index in [1.165, 1.54) is 24.3 Å². The molecule has 1 heterocycles. The number of benzene rings is 1. The Balaban J connectivity index is 1.73. The molecular formula is C22H24N2O3. The average molecular weight is 364 g/mol. The summed E-state index contributed by atoms with van der Waals surface area (Å²) in [6, 6.07) is 10.7. The highest BCUT2D eigenvalue weighted by Gasteiger charge is 2.16. The van der Waals surface area contributed by atoms with Crippen molar-refractivity contribution in [3.05, 3.63) is 76.9 Å². The van der Waals surface area contributed by atoms with E-state index in [9.17, 15) is 9.59 Å². The van der Waals surface area contributed by atoms with E-state index in [0.717, 1.165) is 24.8 Å². The van der Waals surface area contributed by atoms with Crippen molar-refractivity contribution < 1.29 is 14.0 Å². The Morgan fingerprint density at radius 3 is 2.78 bits per heavy atom. The molecule has 0 aliphatic heterocycles. The van der Waals surface area contributed by atoms with Crippen LogP contribution >= 0.6 is 0 Å². The lowest BCUT2D eigenvalue weighted by molar-refractivity contribution is -0.117. The fourth-order valence-corrected chi connectivity index (χ4v) is 3.01. The predicted molar refractivity (Wildman–Crippen MR) is 105 cm³/mol. The molecule has 0 saturated carbocycles. The van der Waals surface area contributed by atoms with Gasteiger partial charge in [0.25, 0.3) is 11.8 Å². The average Bonchev–Trinajstić information content (AvgIpc) is 3.19. The highest BCUT2D eigenvalue weighted by Crippen LogP contribution is 2.16. The van der Waals surface area contributed by atoms with Gasteiger partial charge in [0.05, 0.1) is 6.26 Å². The first-order valence-corrected chi connectivity index (χ1v) is 9.21. The molecular weight excluding hydrogens is 340 g/mol. The van der Waals surface area contributed by atoms with Gasteiger partial charge >= 0.3 is 0 Å². The van der Waals surface area contributed by atoms with Crippen molar-refractivity contribution in [1.82, 2.24) is 10.6 Å². The number of nitrogens with one attached hydrogen (secondary N) is 2. The Morgan fingerprint density at radius 1 is 1.19 bits per heavy atom. The van der Waals surface area contributed by atoms with Crippen LogP contribution in [0.3, 0.4) is 0 Å². The van der Waals surface area contributed by atoms with E-state index in [-0.39, 0.29) is 17.5 Å². The Morgan fingerprint density at radius 2 is 2.07 bits per heavy atom. The molecule has 140 valence electrons. The van der Waals surface area contributed by atoms with E-state index >= 15 is 0 Å². The number of furan rings is 1. The molecule has 2 N–H and O–H groups in total. The van der Waals surface area contributed by atoms with Crippen LogP contribution in [0.5, 0.6) is 0 Å². The maximum Gasteiger partial charge on any atom is 0.268 e. The number of amides is 2. The summed E-state index contributed by atoms with van der Waals surface area (Å²) in [4.78, 5) is 25.3. The Bertz CT molecular complexity index is 863. The van der Waals surface area contributed by atoms with Crippen LogP contribution in [0.1, 0.15) is 47.4 Å². The summed E-state index contributed by atoms with van der Waals surface area (Å²) in [6.07, 6.45) is 9.67. The van der Waals surface area contributed by atoms with Gasteiger partial charge in [0.2, 0.25) is 0 Å². The molecule has 5 nitrogen and oxygen atoms in total. The predicted octanol–water partition coefficient (Wildman–Crippen LogP) is 3.98. The largest absolute Gasteiger partial charge is 0.465 e. The highest BCUT2D eigenvalue weighted by molar-refractivity contribution is 6.05. The molecule has 0 saturated heterocycles. The summed E-state index contributed by atoms with van der Waals surface area (Å²) >= 11 is 0. The van der Waals surface area contributed by atoms with Gasteiger partial charge in [-0.2, -0.15) is 0 Å². The fourth-order valence-electron chi connectivity index (χ4n) is 3.01. The molecule has 2 amide bonds. The molecule has 0 unspecified atom stereocenters. The molecule has 0 atom stereocenters. The van der Waals surface area contributed by atoms with Crippen molar-refractivity contribution in [3.63, 3.8) is 0 Å². The number of hydrogen-bond acceptors (Lipinski definition) is 3. The van der Waals surface area contributed by atoms with E-state index in [2.05, 4.69) is 16.7 Å².